The molecule has 4 rings (SSSR count). The van der Waals surface area contributed by atoms with Crippen LogP contribution in [-0.4, -0.2) is 28.8 Å². The molecule has 5 nitrogen and oxygen atoms in total. The minimum Gasteiger partial charge on any atom is -0.489 e. The number of nitrogens with one attached hydrogen (secondary N) is 1. The van der Waals surface area contributed by atoms with E-state index in [-0.39, 0.29) is 30.6 Å². The summed E-state index contributed by atoms with van der Waals surface area (Å²) in [6, 6.07) is 12.2. The topological polar surface area (TPSA) is 56.1 Å². The van der Waals surface area contributed by atoms with Gasteiger partial charge in [-0.3, -0.25) is 4.79 Å². The Balaban J connectivity index is 1.44. The predicted octanol–water partition coefficient (Wildman–Crippen LogP) is 3.45. The van der Waals surface area contributed by atoms with Gasteiger partial charge in [0.25, 0.3) is 5.91 Å². The Labute approximate surface area is 160 Å². The van der Waals surface area contributed by atoms with Crippen LogP contribution in [-0.2, 0) is 12.8 Å². The van der Waals surface area contributed by atoms with Gasteiger partial charge in [-0.15, -0.1) is 0 Å². The third-order valence-corrected chi connectivity index (χ3v) is 4.70. The molecule has 1 N–H and O–H groups in total. The minimum absolute atomic E-state index is 0.146. The molecule has 0 fully saturated rings. The van der Waals surface area contributed by atoms with Crippen molar-refractivity contribution in [1.29, 1.82) is 0 Å². The number of amides is 1. The number of fused-ring (bicyclic) bond motifs is 1. The summed E-state index contributed by atoms with van der Waals surface area (Å²) >= 11 is 0. The molecule has 0 aliphatic heterocycles. The molecule has 0 unspecified atom stereocenters. The molecule has 0 saturated carbocycles. The summed E-state index contributed by atoms with van der Waals surface area (Å²) in [6.45, 7) is 0.374. The fourth-order valence-corrected chi connectivity index (χ4v) is 3.39. The molecule has 1 heterocycles. The van der Waals surface area contributed by atoms with Gasteiger partial charge in [-0.05, 0) is 55.7 Å². The van der Waals surface area contributed by atoms with Crippen molar-refractivity contribution >= 4 is 5.91 Å². The van der Waals surface area contributed by atoms with Crippen LogP contribution in [0.5, 0.6) is 5.75 Å². The number of benzene rings is 2. The number of carbonyl (C=O) groups excluding carboxylic acids is 1. The molecule has 0 bridgehead atoms. The van der Waals surface area contributed by atoms with Crippen LogP contribution >= 0.6 is 0 Å². The molecule has 3 aromatic rings. The van der Waals surface area contributed by atoms with E-state index in [0.29, 0.717) is 5.69 Å². The standard InChI is InChI=1S/C21H19F2N3O2/c22-14-8-10-15(11-9-14)26-18-6-3-4-16(18)20(25-26)21(27)24-12-13-28-19-7-2-1-5-17(19)23/h1-2,5,7-11H,3-4,6,12-13H2,(H,24,27). The highest BCUT2D eigenvalue weighted by Gasteiger charge is 2.26. The number of hydrogen-bond acceptors (Lipinski definition) is 3. The van der Waals surface area contributed by atoms with Crippen molar-refractivity contribution in [3.63, 3.8) is 0 Å². The first-order valence-corrected chi connectivity index (χ1v) is 9.16. The van der Waals surface area contributed by atoms with Crippen molar-refractivity contribution in [2.24, 2.45) is 0 Å². The van der Waals surface area contributed by atoms with Crippen LogP contribution in [0.4, 0.5) is 8.78 Å². The molecule has 1 aliphatic rings. The fraction of sp³-hybridized carbons (Fsp3) is 0.238. The summed E-state index contributed by atoms with van der Waals surface area (Å²) in [7, 11) is 0. The Kier molecular flexibility index (Phi) is 5.06. The first-order valence-electron chi connectivity index (χ1n) is 9.16. The number of carbonyl (C=O) groups is 1. The highest BCUT2D eigenvalue weighted by atomic mass is 19.1. The molecule has 0 spiro atoms. The second kappa shape index (κ2) is 7.80. The number of rotatable bonds is 6. The number of para-hydroxylation sites is 1. The van der Waals surface area contributed by atoms with Gasteiger partial charge >= 0.3 is 0 Å². The second-order valence-electron chi connectivity index (χ2n) is 6.55. The van der Waals surface area contributed by atoms with E-state index in [1.165, 1.54) is 24.3 Å². The third kappa shape index (κ3) is 3.60. The summed E-state index contributed by atoms with van der Waals surface area (Å²) in [5.41, 5.74) is 3.01. The Morgan fingerprint density at radius 3 is 2.68 bits per heavy atom. The SMILES string of the molecule is O=C(NCCOc1ccccc1F)c1nn(-c2ccc(F)cc2)c2c1CCC2. The molecule has 0 saturated heterocycles. The maximum Gasteiger partial charge on any atom is 0.272 e. The highest BCUT2D eigenvalue weighted by molar-refractivity contribution is 5.94. The van der Waals surface area contributed by atoms with Gasteiger partial charge in [0.05, 0.1) is 12.2 Å². The quantitative estimate of drug-likeness (QED) is 0.664. The number of ether oxygens (including phenoxy) is 1. The van der Waals surface area contributed by atoms with Crippen LogP contribution in [0.15, 0.2) is 48.5 Å². The second-order valence-corrected chi connectivity index (χ2v) is 6.55. The summed E-state index contributed by atoms with van der Waals surface area (Å²) in [4.78, 5) is 12.6. The summed E-state index contributed by atoms with van der Waals surface area (Å²) in [5, 5.41) is 7.23. The van der Waals surface area contributed by atoms with E-state index in [1.54, 1.807) is 28.9 Å². The average Bonchev–Trinajstić information content (AvgIpc) is 3.30. The molecule has 1 aliphatic carbocycles. The first-order chi connectivity index (χ1) is 13.6. The lowest BCUT2D eigenvalue weighted by Crippen LogP contribution is -2.29. The number of hydrogen-bond donors (Lipinski definition) is 1. The maximum atomic E-state index is 13.5. The Morgan fingerprint density at radius 1 is 1.11 bits per heavy atom. The van der Waals surface area contributed by atoms with E-state index in [4.69, 9.17) is 4.74 Å². The Hall–Kier alpha value is -3.22. The molecular formula is C21H19F2N3O2. The lowest BCUT2D eigenvalue weighted by molar-refractivity contribution is 0.0940. The number of halogens is 2. The van der Waals surface area contributed by atoms with Crippen molar-refractivity contribution < 1.29 is 18.3 Å². The molecule has 1 aromatic heterocycles. The van der Waals surface area contributed by atoms with Crippen LogP contribution in [0.1, 0.15) is 28.2 Å². The number of nitrogens with zero attached hydrogens (tertiary/aromatic N) is 2. The maximum absolute atomic E-state index is 13.5. The van der Waals surface area contributed by atoms with Crippen LogP contribution in [0, 0.1) is 11.6 Å². The minimum atomic E-state index is -0.440. The summed E-state index contributed by atoms with van der Waals surface area (Å²) in [5.74, 6) is -0.903. The zero-order valence-electron chi connectivity index (χ0n) is 15.1. The zero-order valence-corrected chi connectivity index (χ0v) is 15.1. The molecule has 2 aromatic carbocycles. The first kappa shape index (κ1) is 18.2. The van der Waals surface area contributed by atoms with Crippen molar-refractivity contribution in [3.05, 3.63) is 77.1 Å². The van der Waals surface area contributed by atoms with Gasteiger partial charge in [0.2, 0.25) is 0 Å². The van der Waals surface area contributed by atoms with E-state index in [9.17, 15) is 13.6 Å². The van der Waals surface area contributed by atoms with Crippen molar-refractivity contribution in [2.45, 2.75) is 19.3 Å². The van der Waals surface area contributed by atoms with E-state index in [0.717, 1.165) is 36.2 Å². The monoisotopic (exact) mass is 383 g/mol. The molecule has 7 heteroatoms. The molecular weight excluding hydrogens is 364 g/mol. The fourth-order valence-electron chi connectivity index (χ4n) is 3.39. The van der Waals surface area contributed by atoms with Crippen LogP contribution in [0.25, 0.3) is 5.69 Å². The van der Waals surface area contributed by atoms with E-state index < -0.39 is 5.82 Å². The van der Waals surface area contributed by atoms with Gasteiger partial charge in [-0.1, -0.05) is 12.1 Å². The lowest BCUT2D eigenvalue weighted by atomic mass is 10.2. The summed E-state index contributed by atoms with van der Waals surface area (Å²) in [6.07, 6.45) is 2.56. The van der Waals surface area contributed by atoms with Crippen molar-refractivity contribution in [2.75, 3.05) is 13.2 Å². The van der Waals surface area contributed by atoms with Crippen LogP contribution in [0.2, 0.25) is 0 Å². The summed E-state index contributed by atoms with van der Waals surface area (Å²) < 4.78 is 33.8. The van der Waals surface area contributed by atoms with Crippen molar-refractivity contribution in [3.8, 4) is 11.4 Å². The number of aromatic nitrogens is 2. The van der Waals surface area contributed by atoms with E-state index in [2.05, 4.69) is 10.4 Å². The van der Waals surface area contributed by atoms with Gasteiger partial charge in [0, 0.05) is 11.3 Å². The van der Waals surface area contributed by atoms with Gasteiger partial charge < -0.3 is 10.1 Å². The predicted molar refractivity (Wildman–Crippen MR) is 99.8 cm³/mol. The smallest absolute Gasteiger partial charge is 0.272 e. The van der Waals surface area contributed by atoms with Gasteiger partial charge in [-0.2, -0.15) is 5.10 Å². The molecule has 28 heavy (non-hydrogen) atoms. The largest absolute Gasteiger partial charge is 0.489 e. The average molecular weight is 383 g/mol. The van der Waals surface area contributed by atoms with Crippen LogP contribution < -0.4 is 10.1 Å². The lowest BCUT2D eigenvalue weighted by Gasteiger charge is -2.08. The zero-order chi connectivity index (χ0) is 19.5. The van der Waals surface area contributed by atoms with Gasteiger partial charge in [-0.25, -0.2) is 13.5 Å². The molecule has 144 valence electrons. The van der Waals surface area contributed by atoms with E-state index >= 15 is 0 Å². The van der Waals surface area contributed by atoms with Gasteiger partial charge in [0.15, 0.2) is 17.3 Å². The normalized spacial score (nSPS) is 12.6. The third-order valence-electron chi connectivity index (χ3n) is 4.70. The van der Waals surface area contributed by atoms with E-state index in [1.807, 2.05) is 0 Å². The Bertz CT molecular complexity index is 999. The Morgan fingerprint density at radius 2 is 1.89 bits per heavy atom. The van der Waals surface area contributed by atoms with Crippen LogP contribution in [0.3, 0.4) is 0 Å². The van der Waals surface area contributed by atoms with Crippen molar-refractivity contribution in [1.82, 2.24) is 15.1 Å². The van der Waals surface area contributed by atoms with Gasteiger partial charge in [0.1, 0.15) is 12.4 Å². The molecule has 0 atom stereocenters. The highest BCUT2D eigenvalue weighted by Crippen LogP contribution is 2.27. The molecule has 1 amide bonds. The molecule has 0 radical (unpaired) electrons.